The lowest BCUT2D eigenvalue weighted by Gasteiger charge is -1.90. The molecule has 2 heterocycles. The molecule has 0 aliphatic rings. The van der Waals surface area contributed by atoms with Gasteiger partial charge >= 0.3 is 0 Å². The van der Waals surface area contributed by atoms with Gasteiger partial charge in [-0.05, 0) is 37.9 Å². The molecule has 5 heteroatoms. The van der Waals surface area contributed by atoms with E-state index >= 15 is 0 Å². The first-order valence-electron chi connectivity index (χ1n) is 2.93. The molecule has 2 aromatic rings. The number of nitrogens with one attached hydrogen (secondary N) is 1. The van der Waals surface area contributed by atoms with Gasteiger partial charge < -0.3 is 0 Å². The highest BCUT2D eigenvalue weighted by molar-refractivity contribution is 9.11. The van der Waals surface area contributed by atoms with Gasteiger partial charge in [-0.2, -0.15) is 5.10 Å². The zero-order valence-electron chi connectivity index (χ0n) is 5.31. The predicted octanol–water partition coefficient (Wildman–Crippen LogP) is 2.48. The minimum absolute atomic E-state index is 0.784. The molecule has 2 aromatic heterocycles. The fourth-order valence-electron chi connectivity index (χ4n) is 0.877. The van der Waals surface area contributed by atoms with E-state index in [1.165, 1.54) is 0 Å². The number of hydrogen-bond donors (Lipinski definition) is 1. The largest absolute Gasteiger partial charge is 0.260 e. The molecule has 11 heavy (non-hydrogen) atoms. The zero-order valence-corrected chi connectivity index (χ0v) is 8.48. The standard InChI is InChI=1S/C6H3Br2N3/c7-3-1-2-9-6-4(3)5(8)10-11-6/h1-2H,(H,9,10,11). The van der Waals surface area contributed by atoms with Gasteiger partial charge in [0.05, 0.1) is 5.39 Å². The summed E-state index contributed by atoms with van der Waals surface area (Å²) in [7, 11) is 0. The van der Waals surface area contributed by atoms with Crippen LogP contribution in [0.2, 0.25) is 0 Å². The number of pyridine rings is 1. The normalized spacial score (nSPS) is 10.7. The number of aromatic nitrogens is 3. The summed E-state index contributed by atoms with van der Waals surface area (Å²) < 4.78 is 1.77. The highest BCUT2D eigenvalue weighted by Crippen LogP contribution is 2.26. The average Bonchev–Trinajstić information content (AvgIpc) is 2.34. The topological polar surface area (TPSA) is 41.6 Å². The van der Waals surface area contributed by atoms with Gasteiger partial charge in [0.1, 0.15) is 4.60 Å². The smallest absolute Gasteiger partial charge is 0.157 e. The molecule has 0 amide bonds. The van der Waals surface area contributed by atoms with Gasteiger partial charge in [-0.25, -0.2) is 4.98 Å². The summed E-state index contributed by atoms with van der Waals surface area (Å²) in [5, 5.41) is 7.73. The number of halogens is 2. The third kappa shape index (κ3) is 1.08. The first-order chi connectivity index (χ1) is 5.29. The van der Waals surface area contributed by atoms with Crippen LogP contribution in [0.3, 0.4) is 0 Å². The summed E-state index contributed by atoms with van der Waals surface area (Å²) in [6, 6.07) is 1.88. The van der Waals surface area contributed by atoms with Crippen LogP contribution in [0.15, 0.2) is 21.3 Å². The third-order valence-electron chi connectivity index (χ3n) is 1.37. The molecule has 0 bridgehead atoms. The highest BCUT2D eigenvalue weighted by Gasteiger charge is 2.05. The van der Waals surface area contributed by atoms with E-state index < -0.39 is 0 Å². The molecule has 0 aliphatic heterocycles. The molecule has 0 saturated carbocycles. The van der Waals surface area contributed by atoms with Crippen molar-refractivity contribution >= 4 is 42.9 Å². The Morgan fingerprint density at radius 3 is 2.91 bits per heavy atom. The number of hydrogen-bond acceptors (Lipinski definition) is 2. The van der Waals surface area contributed by atoms with Crippen molar-refractivity contribution in [1.82, 2.24) is 15.2 Å². The fraction of sp³-hybridized carbons (Fsp3) is 0. The summed E-state index contributed by atoms with van der Waals surface area (Å²) in [5.41, 5.74) is 0.784. The average molecular weight is 277 g/mol. The van der Waals surface area contributed by atoms with Gasteiger partial charge in [0, 0.05) is 10.7 Å². The Morgan fingerprint density at radius 1 is 1.36 bits per heavy atom. The van der Waals surface area contributed by atoms with Crippen molar-refractivity contribution in [1.29, 1.82) is 0 Å². The van der Waals surface area contributed by atoms with E-state index in [2.05, 4.69) is 47.0 Å². The molecule has 0 unspecified atom stereocenters. The van der Waals surface area contributed by atoms with E-state index in [-0.39, 0.29) is 0 Å². The van der Waals surface area contributed by atoms with Crippen LogP contribution in [0.1, 0.15) is 0 Å². The summed E-state index contributed by atoms with van der Waals surface area (Å²) in [5.74, 6) is 0. The molecular weight excluding hydrogens is 274 g/mol. The zero-order chi connectivity index (χ0) is 7.84. The van der Waals surface area contributed by atoms with Crippen molar-refractivity contribution in [3.8, 4) is 0 Å². The molecule has 0 fully saturated rings. The maximum atomic E-state index is 4.08. The summed E-state index contributed by atoms with van der Waals surface area (Å²) in [4.78, 5) is 4.08. The summed E-state index contributed by atoms with van der Waals surface area (Å²) >= 11 is 6.70. The monoisotopic (exact) mass is 275 g/mol. The van der Waals surface area contributed by atoms with Crippen LogP contribution < -0.4 is 0 Å². The molecule has 2 rings (SSSR count). The van der Waals surface area contributed by atoms with E-state index in [0.717, 1.165) is 20.1 Å². The Morgan fingerprint density at radius 2 is 2.18 bits per heavy atom. The molecular formula is C6H3Br2N3. The molecule has 0 aromatic carbocycles. The van der Waals surface area contributed by atoms with Crippen molar-refractivity contribution in [2.75, 3.05) is 0 Å². The lowest BCUT2D eigenvalue weighted by Crippen LogP contribution is -1.74. The minimum atomic E-state index is 0.784. The summed E-state index contributed by atoms with van der Waals surface area (Å²) in [6.45, 7) is 0. The number of nitrogens with zero attached hydrogens (tertiary/aromatic N) is 2. The van der Waals surface area contributed by atoms with Crippen LogP contribution in [0.4, 0.5) is 0 Å². The Bertz CT molecular complexity index is 396. The number of fused-ring (bicyclic) bond motifs is 1. The van der Waals surface area contributed by atoms with Crippen molar-refractivity contribution in [2.24, 2.45) is 0 Å². The van der Waals surface area contributed by atoms with E-state index in [0.29, 0.717) is 0 Å². The number of aromatic amines is 1. The first-order valence-corrected chi connectivity index (χ1v) is 4.51. The lowest BCUT2D eigenvalue weighted by molar-refractivity contribution is 1.08. The number of H-pyrrole nitrogens is 1. The lowest BCUT2D eigenvalue weighted by atomic mass is 10.4. The molecule has 0 radical (unpaired) electrons. The maximum Gasteiger partial charge on any atom is 0.157 e. The maximum absolute atomic E-state index is 4.08. The van der Waals surface area contributed by atoms with Crippen molar-refractivity contribution in [3.63, 3.8) is 0 Å². The quantitative estimate of drug-likeness (QED) is 0.803. The van der Waals surface area contributed by atoms with Gasteiger partial charge in [0.2, 0.25) is 0 Å². The molecule has 0 saturated heterocycles. The van der Waals surface area contributed by atoms with E-state index in [1.807, 2.05) is 6.07 Å². The van der Waals surface area contributed by atoms with Crippen LogP contribution in [0, 0.1) is 0 Å². The van der Waals surface area contributed by atoms with Gasteiger partial charge in [0.25, 0.3) is 0 Å². The molecule has 3 nitrogen and oxygen atoms in total. The van der Waals surface area contributed by atoms with Crippen molar-refractivity contribution in [2.45, 2.75) is 0 Å². The van der Waals surface area contributed by atoms with Gasteiger partial charge in [0.15, 0.2) is 5.65 Å². The molecule has 1 N–H and O–H groups in total. The van der Waals surface area contributed by atoms with Crippen LogP contribution in [0.25, 0.3) is 11.0 Å². The second kappa shape index (κ2) is 2.57. The van der Waals surface area contributed by atoms with E-state index in [1.54, 1.807) is 6.20 Å². The third-order valence-corrected chi connectivity index (χ3v) is 2.60. The second-order valence-corrected chi connectivity index (χ2v) is 3.64. The van der Waals surface area contributed by atoms with Crippen LogP contribution in [-0.2, 0) is 0 Å². The molecule has 0 spiro atoms. The van der Waals surface area contributed by atoms with Crippen LogP contribution >= 0.6 is 31.9 Å². The Kier molecular flexibility index (Phi) is 1.69. The second-order valence-electron chi connectivity index (χ2n) is 2.03. The van der Waals surface area contributed by atoms with E-state index in [9.17, 15) is 0 Å². The Balaban J connectivity index is 2.96. The predicted molar refractivity (Wildman–Crippen MR) is 49.3 cm³/mol. The Labute approximate surface area is 79.5 Å². The van der Waals surface area contributed by atoms with Gasteiger partial charge in [-0.3, -0.25) is 5.10 Å². The highest BCUT2D eigenvalue weighted by atomic mass is 79.9. The molecule has 0 aliphatic carbocycles. The van der Waals surface area contributed by atoms with Crippen LogP contribution in [0.5, 0.6) is 0 Å². The SMILES string of the molecule is Brc1ccnc2[nH]nc(Br)c12. The summed E-state index contributed by atoms with van der Waals surface area (Å²) in [6.07, 6.45) is 1.72. The first kappa shape index (κ1) is 7.24. The molecule has 0 atom stereocenters. The Hall–Kier alpha value is -0.420. The van der Waals surface area contributed by atoms with Crippen LogP contribution in [-0.4, -0.2) is 15.2 Å². The van der Waals surface area contributed by atoms with Crippen molar-refractivity contribution in [3.05, 3.63) is 21.3 Å². The number of rotatable bonds is 0. The van der Waals surface area contributed by atoms with Crippen molar-refractivity contribution < 1.29 is 0 Å². The minimum Gasteiger partial charge on any atom is -0.260 e. The van der Waals surface area contributed by atoms with Gasteiger partial charge in [-0.1, -0.05) is 0 Å². The molecule has 56 valence electrons. The fourth-order valence-corrected chi connectivity index (χ4v) is 2.13. The van der Waals surface area contributed by atoms with E-state index in [4.69, 9.17) is 0 Å². The van der Waals surface area contributed by atoms with Gasteiger partial charge in [-0.15, -0.1) is 0 Å².